The number of hydrazone groups is 1. The van der Waals surface area contributed by atoms with E-state index in [1.54, 1.807) is 7.11 Å². The van der Waals surface area contributed by atoms with Gasteiger partial charge >= 0.3 is 5.97 Å². The first kappa shape index (κ1) is 21.2. The van der Waals surface area contributed by atoms with Crippen molar-refractivity contribution >= 4 is 17.6 Å². The largest absolute Gasteiger partial charge is 0.497 e. The van der Waals surface area contributed by atoms with E-state index in [2.05, 4.69) is 5.10 Å². The van der Waals surface area contributed by atoms with E-state index in [1.165, 1.54) is 17.1 Å². The van der Waals surface area contributed by atoms with E-state index < -0.39 is 24.3 Å². The van der Waals surface area contributed by atoms with Crippen LogP contribution in [0.3, 0.4) is 0 Å². The quantitative estimate of drug-likeness (QED) is 0.543. The van der Waals surface area contributed by atoms with E-state index in [9.17, 15) is 14.0 Å². The second kappa shape index (κ2) is 9.43. The third-order valence-electron chi connectivity index (χ3n) is 5.18. The van der Waals surface area contributed by atoms with Gasteiger partial charge in [0.05, 0.1) is 24.4 Å². The molecule has 6 nitrogen and oxygen atoms in total. The van der Waals surface area contributed by atoms with Crippen LogP contribution in [0.5, 0.6) is 5.75 Å². The van der Waals surface area contributed by atoms with Gasteiger partial charge in [-0.3, -0.25) is 4.79 Å². The molecule has 0 saturated carbocycles. The van der Waals surface area contributed by atoms with Crippen LogP contribution >= 0.6 is 0 Å². The second-order valence-corrected chi connectivity index (χ2v) is 7.23. The molecule has 1 aliphatic rings. The summed E-state index contributed by atoms with van der Waals surface area (Å²) in [6.45, 7) is -0.478. The number of esters is 1. The number of hydrogen-bond donors (Lipinski definition) is 0. The van der Waals surface area contributed by atoms with E-state index in [0.717, 1.165) is 29.0 Å². The third kappa shape index (κ3) is 4.67. The normalized spacial score (nSPS) is 15.2. The van der Waals surface area contributed by atoms with Crippen molar-refractivity contribution in [2.75, 3.05) is 13.7 Å². The Morgan fingerprint density at radius 3 is 2.34 bits per heavy atom. The lowest BCUT2D eigenvalue weighted by atomic mass is 9.98. The molecule has 0 saturated heterocycles. The minimum absolute atomic E-state index is 0.167. The van der Waals surface area contributed by atoms with Gasteiger partial charge in [0.15, 0.2) is 6.61 Å². The van der Waals surface area contributed by atoms with E-state index in [4.69, 9.17) is 9.47 Å². The first-order chi connectivity index (χ1) is 15.5. The van der Waals surface area contributed by atoms with Gasteiger partial charge in [-0.2, -0.15) is 5.10 Å². The molecule has 0 spiro atoms. The van der Waals surface area contributed by atoms with E-state index in [1.807, 2.05) is 54.6 Å². The molecule has 3 aromatic rings. The average molecular weight is 432 g/mol. The van der Waals surface area contributed by atoms with Crippen molar-refractivity contribution in [1.82, 2.24) is 5.01 Å². The summed E-state index contributed by atoms with van der Waals surface area (Å²) in [5, 5.41) is 5.91. The van der Waals surface area contributed by atoms with Gasteiger partial charge in [0.2, 0.25) is 0 Å². The lowest BCUT2D eigenvalue weighted by molar-refractivity contribution is -0.136. The molecule has 162 valence electrons. The highest BCUT2D eigenvalue weighted by atomic mass is 19.1. The number of carbonyl (C=O) groups excluding carboxylic acids is 2. The molecule has 0 aliphatic carbocycles. The van der Waals surface area contributed by atoms with Crippen molar-refractivity contribution in [3.63, 3.8) is 0 Å². The summed E-state index contributed by atoms with van der Waals surface area (Å²) >= 11 is 0. The number of hydrogen-bond acceptors (Lipinski definition) is 5. The zero-order chi connectivity index (χ0) is 22.5. The maximum atomic E-state index is 13.1. The summed E-state index contributed by atoms with van der Waals surface area (Å²) in [6.07, 6.45) is 0.522. The number of carbonyl (C=O) groups is 2. The Labute approximate surface area is 184 Å². The van der Waals surface area contributed by atoms with Crippen LogP contribution < -0.4 is 4.74 Å². The molecule has 1 aliphatic heterocycles. The summed E-state index contributed by atoms with van der Waals surface area (Å²) < 4.78 is 23.4. The fourth-order valence-corrected chi connectivity index (χ4v) is 3.49. The fourth-order valence-electron chi connectivity index (χ4n) is 3.49. The maximum absolute atomic E-state index is 13.1. The predicted octanol–water partition coefficient (Wildman–Crippen LogP) is 4.37. The Morgan fingerprint density at radius 1 is 1.00 bits per heavy atom. The van der Waals surface area contributed by atoms with E-state index in [0.29, 0.717) is 12.2 Å². The highest BCUT2D eigenvalue weighted by Gasteiger charge is 2.33. The zero-order valence-electron chi connectivity index (χ0n) is 17.4. The fraction of sp³-hybridized carbons (Fsp3) is 0.160. The number of amides is 1. The summed E-state index contributed by atoms with van der Waals surface area (Å²) in [5.74, 6) is -0.903. The van der Waals surface area contributed by atoms with Gasteiger partial charge in [-0.05, 0) is 47.5 Å². The van der Waals surface area contributed by atoms with Gasteiger partial charge in [0.25, 0.3) is 5.91 Å². The van der Waals surface area contributed by atoms with Crippen molar-refractivity contribution in [3.05, 3.63) is 101 Å². The summed E-state index contributed by atoms with van der Waals surface area (Å²) in [6, 6.07) is 21.6. The van der Waals surface area contributed by atoms with Gasteiger partial charge in [-0.1, -0.05) is 42.5 Å². The Kier molecular flexibility index (Phi) is 6.26. The molecule has 1 atom stereocenters. The third-order valence-corrected chi connectivity index (χ3v) is 5.18. The number of ether oxygens (including phenoxy) is 2. The van der Waals surface area contributed by atoms with Crippen LogP contribution in [0.2, 0.25) is 0 Å². The van der Waals surface area contributed by atoms with Gasteiger partial charge in [0.1, 0.15) is 11.6 Å². The van der Waals surface area contributed by atoms with Gasteiger partial charge in [-0.15, -0.1) is 0 Å². The van der Waals surface area contributed by atoms with Crippen LogP contribution in [-0.2, 0) is 9.53 Å². The zero-order valence-corrected chi connectivity index (χ0v) is 17.4. The van der Waals surface area contributed by atoms with Crippen LogP contribution in [-0.4, -0.2) is 36.3 Å². The SMILES string of the molecule is COc1ccc(C2CC(c3ccccc3)=NN2C(=O)COC(=O)c2ccc(F)cc2)cc1. The Morgan fingerprint density at radius 2 is 1.69 bits per heavy atom. The van der Waals surface area contributed by atoms with Crippen LogP contribution in [0, 0.1) is 5.82 Å². The van der Waals surface area contributed by atoms with Crippen molar-refractivity contribution < 1.29 is 23.5 Å². The summed E-state index contributed by atoms with van der Waals surface area (Å²) in [4.78, 5) is 25.2. The highest BCUT2D eigenvalue weighted by molar-refractivity contribution is 6.03. The van der Waals surface area contributed by atoms with Crippen molar-refractivity contribution in [3.8, 4) is 5.75 Å². The molecule has 1 unspecified atom stereocenters. The molecular formula is C25H21FN2O4. The number of benzene rings is 3. The summed E-state index contributed by atoms with van der Waals surface area (Å²) in [5.41, 5.74) is 2.74. The van der Waals surface area contributed by atoms with E-state index in [-0.39, 0.29) is 11.6 Å². The molecule has 0 bridgehead atoms. The minimum Gasteiger partial charge on any atom is -0.497 e. The lowest BCUT2D eigenvalue weighted by Crippen LogP contribution is -2.31. The number of nitrogens with zero attached hydrogens (tertiary/aromatic N) is 2. The topological polar surface area (TPSA) is 68.2 Å². The highest BCUT2D eigenvalue weighted by Crippen LogP contribution is 2.33. The molecule has 0 fully saturated rings. The van der Waals surface area contributed by atoms with Gasteiger partial charge in [0, 0.05) is 6.42 Å². The molecule has 4 rings (SSSR count). The summed E-state index contributed by atoms with van der Waals surface area (Å²) in [7, 11) is 1.59. The van der Waals surface area contributed by atoms with Crippen LogP contribution in [0.1, 0.15) is 33.9 Å². The molecule has 0 aromatic heterocycles. The maximum Gasteiger partial charge on any atom is 0.338 e. The average Bonchev–Trinajstić information content (AvgIpc) is 3.29. The van der Waals surface area contributed by atoms with Crippen molar-refractivity contribution in [2.45, 2.75) is 12.5 Å². The second-order valence-electron chi connectivity index (χ2n) is 7.23. The van der Waals surface area contributed by atoms with Crippen LogP contribution in [0.15, 0.2) is 84.0 Å². The van der Waals surface area contributed by atoms with Crippen LogP contribution in [0.25, 0.3) is 0 Å². The molecule has 7 heteroatoms. The standard InChI is InChI=1S/C25H21FN2O4/c1-31-21-13-9-18(10-14-21)23-15-22(17-5-3-2-4-6-17)27-28(23)24(29)16-32-25(30)19-7-11-20(26)12-8-19/h2-14,23H,15-16H2,1H3. The van der Waals surface area contributed by atoms with Crippen molar-refractivity contribution in [2.24, 2.45) is 5.10 Å². The lowest BCUT2D eigenvalue weighted by Gasteiger charge is -2.22. The van der Waals surface area contributed by atoms with E-state index >= 15 is 0 Å². The molecule has 0 N–H and O–H groups in total. The number of halogens is 1. The monoisotopic (exact) mass is 432 g/mol. The predicted molar refractivity (Wildman–Crippen MR) is 117 cm³/mol. The van der Waals surface area contributed by atoms with Crippen molar-refractivity contribution in [1.29, 1.82) is 0 Å². The molecule has 0 radical (unpaired) electrons. The minimum atomic E-state index is -0.703. The van der Waals surface area contributed by atoms with Crippen LogP contribution in [0.4, 0.5) is 4.39 Å². The number of rotatable bonds is 6. The first-order valence-electron chi connectivity index (χ1n) is 10.1. The molecule has 1 amide bonds. The smallest absolute Gasteiger partial charge is 0.338 e. The van der Waals surface area contributed by atoms with Gasteiger partial charge in [-0.25, -0.2) is 14.2 Å². The molecule has 1 heterocycles. The molecule has 3 aromatic carbocycles. The number of methoxy groups -OCH3 is 1. The molecule has 32 heavy (non-hydrogen) atoms. The Bertz CT molecular complexity index is 1130. The molecular weight excluding hydrogens is 411 g/mol. The van der Waals surface area contributed by atoms with Gasteiger partial charge < -0.3 is 9.47 Å². The Balaban J connectivity index is 1.53. The first-order valence-corrected chi connectivity index (χ1v) is 10.1. The Hall–Kier alpha value is -4.00.